The smallest absolute Gasteiger partial charge is 0.407 e. The molecular weight excluding hydrogens is 636 g/mol. The van der Waals surface area contributed by atoms with Gasteiger partial charge in [-0.2, -0.15) is 0 Å². The molecule has 0 radical (unpaired) electrons. The summed E-state index contributed by atoms with van der Waals surface area (Å²) in [5, 5.41) is 10.1. The van der Waals surface area contributed by atoms with Gasteiger partial charge in [0.25, 0.3) is 0 Å². The largest absolute Gasteiger partial charge is 0.452 e. The number of alkyl carbamates (subject to hydrolysis) is 1. The molecule has 49 heavy (non-hydrogen) atoms. The van der Waals surface area contributed by atoms with Gasteiger partial charge in [-0.1, -0.05) is 42.5 Å². The summed E-state index contributed by atoms with van der Waals surface area (Å²) in [7, 11) is 0. The number of amides is 5. The van der Waals surface area contributed by atoms with Crippen LogP contribution in [0, 0.1) is 23.5 Å². The number of hydrogen-bond acceptors (Lipinski definition) is 7. The molecule has 1 fully saturated rings. The lowest BCUT2D eigenvalue weighted by Crippen LogP contribution is -2.35. The molecule has 1 aliphatic rings. The van der Waals surface area contributed by atoms with Crippen LogP contribution in [0.1, 0.15) is 36.8 Å². The molecule has 0 saturated heterocycles. The fourth-order valence-corrected chi connectivity index (χ4v) is 5.31. The minimum absolute atomic E-state index is 0.0639. The van der Waals surface area contributed by atoms with E-state index in [-0.39, 0.29) is 53.6 Å². The van der Waals surface area contributed by atoms with Crippen molar-refractivity contribution >= 4 is 35.3 Å². The molecule has 5 amide bonds. The fraction of sp³-hybridized carbons (Fsp3) is 0.250. The summed E-state index contributed by atoms with van der Waals surface area (Å²) in [6, 6.07) is 19.1. The minimum atomic E-state index is -0.870. The first kappa shape index (κ1) is 34.5. The Balaban J connectivity index is 1.07. The molecule has 5 rings (SSSR count). The molecule has 4 N–H and O–H groups in total. The molecule has 4 aromatic rings. The Kier molecular flexibility index (Phi) is 11.8. The predicted octanol–water partition coefficient (Wildman–Crippen LogP) is 6.71. The van der Waals surface area contributed by atoms with Crippen molar-refractivity contribution in [3.05, 3.63) is 114 Å². The number of aromatic nitrogens is 1. The van der Waals surface area contributed by atoms with E-state index in [4.69, 9.17) is 9.47 Å². The Hall–Kier alpha value is -5.85. The van der Waals surface area contributed by atoms with E-state index in [9.17, 15) is 28.0 Å². The van der Waals surface area contributed by atoms with Crippen molar-refractivity contribution in [2.24, 2.45) is 11.8 Å². The third-order valence-electron chi connectivity index (χ3n) is 7.93. The van der Waals surface area contributed by atoms with Crippen molar-refractivity contribution in [1.82, 2.24) is 15.6 Å². The van der Waals surface area contributed by atoms with Crippen molar-refractivity contribution in [2.45, 2.75) is 38.6 Å². The number of rotatable bonds is 11. The van der Waals surface area contributed by atoms with Crippen molar-refractivity contribution in [2.75, 3.05) is 17.2 Å². The maximum absolute atomic E-state index is 15.0. The number of imide groups is 1. The van der Waals surface area contributed by atoms with Gasteiger partial charge in [0.1, 0.15) is 11.5 Å². The second-order valence-corrected chi connectivity index (χ2v) is 11.6. The monoisotopic (exact) mass is 671 g/mol. The maximum atomic E-state index is 15.0. The highest BCUT2D eigenvalue weighted by atomic mass is 19.1. The van der Waals surface area contributed by atoms with Gasteiger partial charge in [0.2, 0.25) is 11.8 Å². The first-order valence-electron chi connectivity index (χ1n) is 15.7. The highest BCUT2D eigenvalue weighted by molar-refractivity contribution is 6.01. The molecule has 3 aromatic carbocycles. The van der Waals surface area contributed by atoms with Crippen molar-refractivity contribution in [1.29, 1.82) is 0 Å². The van der Waals surface area contributed by atoms with E-state index in [2.05, 4.69) is 26.3 Å². The zero-order valence-corrected chi connectivity index (χ0v) is 26.4. The van der Waals surface area contributed by atoms with Crippen LogP contribution in [0.15, 0.2) is 91.3 Å². The molecule has 1 saturated carbocycles. The highest BCUT2D eigenvalue weighted by Crippen LogP contribution is 2.34. The second-order valence-electron chi connectivity index (χ2n) is 11.6. The molecule has 1 aromatic heterocycles. The fourth-order valence-electron chi connectivity index (χ4n) is 5.31. The third-order valence-corrected chi connectivity index (χ3v) is 7.93. The molecule has 11 nitrogen and oxygen atoms in total. The van der Waals surface area contributed by atoms with Gasteiger partial charge in [-0.15, -0.1) is 0 Å². The number of anilines is 2. The molecule has 0 unspecified atom stereocenters. The minimum Gasteiger partial charge on any atom is -0.452 e. The van der Waals surface area contributed by atoms with Gasteiger partial charge in [-0.3, -0.25) is 19.9 Å². The van der Waals surface area contributed by atoms with Gasteiger partial charge in [0.15, 0.2) is 17.3 Å². The van der Waals surface area contributed by atoms with E-state index >= 15 is 0 Å². The molecule has 0 aliphatic heterocycles. The molecule has 254 valence electrons. The second kappa shape index (κ2) is 16.8. The summed E-state index contributed by atoms with van der Waals surface area (Å²) in [5.41, 5.74) is 1.81. The van der Waals surface area contributed by atoms with Gasteiger partial charge >= 0.3 is 12.1 Å². The SMILES string of the molecule is O=C(Cc1ccc(F)cc1)NC(=O)Nc1ccc(Oc2ccncc2NC(=O)C2CCC(COC(=O)NCc3ccccc3)CC2)c(F)c1. The van der Waals surface area contributed by atoms with Crippen LogP contribution in [0.2, 0.25) is 0 Å². The number of carbonyl (C=O) groups excluding carboxylic acids is 4. The van der Waals surface area contributed by atoms with Gasteiger partial charge in [0.05, 0.1) is 19.2 Å². The number of ether oxygens (including phenoxy) is 2. The van der Waals surface area contributed by atoms with Crippen molar-refractivity contribution in [3.63, 3.8) is 0 Å². The lowest BCUT2D eigenvalue weighted by Gasteiger charge is -2.27. The third kappa shape index (κ3) is 10.6. The number of hydrogen-bond donors (Lipinski definition) is 4. The lowest BCUT2D eigenvalue weighted by atomic mass is 9.82. The van der Waals surface area contributed by atoms with E-state index in [0.717, 1.165) is 11.6 Å². The summed E-state index contributed by atoms with van der Waals surface area (Å²) in [4.78, 5) is 53.7. The number of halogens is 2. The normalized spacial score (nSPS) is 15.4. The van der Waals surface area contributed by atoms with Gasteiger partial charge in [-0.05, 0) is 67.0 Å². The number of benzene rings is 3. The molecule has 0 atom stereocenters. The Morgan fingerprint density at radius 2 is 1.57 bits per heavy atom. The van der Waals surface area contributed by atoms with Gasteiger partial charge < -0.3 is 25.4 Å². The van der Waals surface area contributed by atoms with Crippen LogP contribution in [0.3, 0.4) is 0 Å². The molecule has 0 bridgehead atoms. The van der Waals surface area contributed by atoms with Crippen LogP contribution >= 0.6 is 0 Å². The number of carbonyl (C=O) groups is 4. The quantitative estimate of drug-likeness (QED) is 0.139. The number of pyridine rings is 1. The standard InChI is InChI=1S/C36H35F2N5O6/c37-27-12-8-23(9-13-27)18-33(44)43-35(46)41-28-14-15-31(29(38)19-28)49-32-16-17-39-21-30(32)42-34(45)26-10-6-25(7-11-26)22-48-36(47)40-20-24-4-2-1-3-5-24/h1-5,8-9,12-17,19,21,25-26H,6-7,10-11,18,20,22H2,(H,40,47)(H,42,45)(H2,41,43,44,46). The maximum Gasteiger partial charge on any atom is 0.407 e. The van der Waals surface area contributed by atoms with Crippen LogP contribution in [-0.4, -0.2) is 35.5 Å². The topological polar surface area (TPSA) is 148 Å². The summed E-state index contributed by atoms with van der Waals surface area (Å²) in [6.45, 7) is 0.654. The van der Waals surface area contributed by atoms with Crippen LogP contribution < -0.4 is 26.0 Å². The lowest BCUT2D eigenvalue weighted by molar-refractivity contribution is -0.121. The summed E-state index contributed by atoms with van der Waals surface area (Å²) >= 11 is 0. The average Bonchev–Trinajstić information content (AvgIpc) is 3.10. The summed E-state index contributed by atoms with van der Waals surface area (Å²) in [6.07, 6.45) is 4.86. The van der Waals surface area contributed by atoms with Crippen LogP contribution in [0.4, 0.5) is 29.7 Å². The van der Waals surface area contributed by atoms with E-state index < -0.39 is 29.7 Å². The van der Waals surface area contributed by atoms with Crippen molar-refractivity contribution in [3.8, 4) is 11.5 Å². The number of nitrogens with zero attached hydrogens (tertiary/aromatic N) is 1. The van der Waals surface area contributed by atoms with Gasteiger partial charge in [0, 0.05) is 36.5 Å². The van der Waals surface area contributed by atoms with Crippen molar-refractivity contribution < 1.29 is 37.4 Å². The first-order valence-corrected chi connectivity index (χ1v) is 15.7. The Bertz CT molecular complexity index is 1770. The van der Waals surface area contributed by atoms with E-state index in [1.807, 2.05) is 30.3 Å². The molecule has 1 heterocycles. The number of nitrogens with one attached hydrogen (secondary N) is 4. The summed E-state index contributed by atoms with van der Waals surface area (Å²) in [5.74, 6) is -2.23. The van der Waals surface area contributed by atoms with E-state index in [1.165, 1.54) is 54.9 Å². The molecular formula is C36H35F2N5O6. The van der Waals surface area contributed by atoms with E-state index in [0.29, 0.717) is 37.8 Å². The average molecular weight is 672 g/mol. The Morgan fingerprint density at radius 1 is 0.816 bits per heavy atom. The zero-order valence-electron chi connectivity index (χ0n) is 26.4. The zero-order chi connectivity index (χ0) is 34.6. The van der Waals surface area contributed by atoms with Crippen LogP contribution in [-0.2, 0) is 27.3 Å². The molecule has 0 spiro atoms. The van der Waals surface area contributed by atoms with Crippen LogP contribution in [0.5, 0.6) is 11.5 Å². The van der Waals surface area contributed by atoms with Crippen LogP contribution in [0.25, 0.3) is 0 Å². The first-order chi connectivity index (χ1) is 23.7. The van der Waals surface area contributed by atoms with E-state index in [1.54, 1.807) is 0 Å². The van der Waals surface area contributed by atoms with Gasteiger partial charge in [-0.25, -0.2) is 18.4 Å². The highest BCUT2D eigenvalue weighted by Gasteiger charge is 2.28. The molecule has 1 aliphatic carbocycles. The predicted molar refractivity (Wildman–Crippen MR) is 177 cm³/mol. The Labute approximate surface area is 281 Å². The Morgan fingerprint density at radius 3 is 2.31 bits per heavy atom. The number of urea groups is 1. The summed E-state index contributed by atoms with van der Waals surface area (Å²) < 4.78 is 39.2. The molecule has 13 heteroatoms.